The van der Waals surface area contributed by atoms with Crippen LogP contribution in [0.15, 0.2) is 24.3 Å². The number of carbonyl (C=O) groups is 1. The Morgan fingerprint density at radius 1 is 1.19 bits per heavy atom. The van der Waals surface area contributed by atoms with E-state index in [0.717, 1.165) is 18.4 Å². The lowest BCUT2D eigenvalue weighted by Gasteiger charge is -2.29. The van der Waals surface area contributed by atoms with Gasteiger partial charge in [0.1, 0.15) is 11.4 Å². The highest BCUT2D eigenvalue weighted by atomic mass is 16.6. The molecule has 0 atom stereocenters. The summed E-state index contributed by atoms with van der Waals surface area (Å²) in [6, 6.07) is 7.75. The zero-order valence-electron chi connectivity index (χ0n) is 13.7. The molecule has 1 rings (SSSR count). The molecule has 0 aliphatic heterocycles. The van der Waals surface area contributed by atoms with Gasteiger partial charge in [-0.1, -0.05) is 12.1 Å². The van der Waals surface area contributed by atoms with Crippen LogP contribution in [0.5, 0.6) is 5.75 Å². The van der Waals surface area contributed by atoms with Gasteiger partial charge in [0.2, 0.25) is 0 Å². The van der Waals surface area contributed by atoms with Crippen LogP contribution < -0.4 is 10.5 Å². The van der Waals surface area contributed by atoms with Crippen molar-refractivity contribution in [3.05, 3.63) is 29.8 Å². The molecule has 0 fully saturated rings. The summed E-state index contributed by atoms with van der Waals surface area (Å²) in [7, 11) is 0. The van der Waals surface area contributed by atoms with Crippen molar-refractivity contribution in [2.24, 2.45) is 5.73 Å². The summed E-state index contributed by atoms with van der Waals surface area (Å²) >= 11 is 0. The molecule has 4 heteroatoms. The van der Waals surface area contributed by atoms with Crippen molar-refractivity contribution in [3.63, 3.8) is 0 Å². The highest BCUT2D eigenvalue weighted by Gasteiger charge is 2.34. The summed E-state index contributed by atoms with van der Waals surface area (Å²) in [5, 5.41) is 0. The molecule has 21 heavy (non-hydrogen) atoms. The Morgan fingerprint density at radius 3 is 2.43 bits per heavy atom. The number of nitrogens with two attached hydrogens (primary N) is 1. The van der Waals surface area contributed by atoms with Crippen LogP contribution >= 0.6 is 0 Å². The van der Waals surface area contributed by atoms with Gasteiger partial charge in [-0.25, -0.2) is 4.79 Å². The fourth-order valence-electron chi connectivity index (χ4n) is 1.81. The quantitative estimate of drug-likeness (QED) is 0.819. The number of carbonyl (C=O) groups excluding carboxylic acids is 1. The number of hydrogen-bond donors (Lipinski definition) is 1. The summed E-state index contributed by atoms with van der Waals surface area (Å²) < 4.78 is 11.2. The lowest BCUT2D eigenvalue weighted by molar-refractivity contribution is -0.170. The third kappa shape index (κ3) is 6.17. The fourth-order valence-corrected chi connectivity index (χ4v) is 1.81. The predicted octanol–water partition coefficient (Wildman–Crippen LogP) is 3.08. The van der Waals surface area contributed by atoms with Crippen molar-refractivity contribution >= 4 is 5.97 Å². The van der Waals surface area contributed by atoms with Gasteiger partial charge in [0.25, 0.3) is 0 Å². The molecule has 0 amide bonds. The molecular weight excluding hydrogens is 266 g/mol. The summed E-state index contributed by atoms with van der Waals surface area (Å²) in [6.45, 7) is 9.62. The van der Waals surface area contributed by atoms with Gasteiger partial charge in [-0.3, -0.25) is 0 Å². The van der Waals surface area contributed by atoms with Crippen molar-refractivity contribution in [2.75, 3.05) is 6.54 Å². The second kappa shape index (κ2) is 6.94. The van der Waals surface area contributed by atoms with Crippen molar-refractivity contribution < 1.29 is 14.3 Å². The molecule has 2 N–H and O–H groups in total. The third-order valence-electron chi connectivity index (χ3n) is 2.83. The molecule has 1 aromatic carbocycles. The van der Waals surface area contributed by atoms with Crippen molar-refractivity contribution in [1.29, 1.82) is 0 Å². The maximum absolute atomic E-state index is 12.2. The number of benzene rings is 1. The van der Waals surface area contributed by atoms with E-state index in [-0.39, 0.29) is 5.97 Å². The van der Waals surface area contributed by atoms with Gasteiger partial charge < -0.3 is 15.2 Å². The minimum atomic E-state index is -1.03. The highest BCUT2D eigenvalue weighted by molar-refractivity contribution is 5.79. The van der Waals surface area contributed by atoms with E-state index in [4.69, 9.17) is 15.2 Å². The summed E-state index contributed by atoms with van der Waals surface area (Å²) in [5.74, 6) is 0.294. The van der Waals surface area contributed by atoms with E-state index in [0.29, 0.717) is 12.3 Å². The number of hydrogen-bond acceptors (Lipinski definition) is 4. The van der Waals surface area contributed by atoms with Crippen molar-refractivity contribution in [3.8, 4) is 5.75 Å². The minimum absolute atomic E-state index is 0.373. The minimum Gasteiger partial charge on any atom is -0.476 e. The molecular formula is C17H27NO3. The van der Waals surface area contributed by atoms with E-state index in [1.807, 2.05) is 45.0 Å². The van der Waals surface area contributed by atoms with Crippen LogP contribution in [-0.4, -0.2) is 23.7 Å². The molecule has 0 aliphatic rings. The van der Waals surface area contributed by atoms with Gasteiger partial charge in [-0.05, 0) is 71.7 Å². The van der Waals surface area contributed by atoms with Gasteiger partial charge in [-0.2, -0.15) is 0 Å². The highest BCUT2D eigenvalue weighted by Crippen LogP contribution is 2.23. The van der Waals surface area contributed by atoms with Crippen molar-refractivity contribution in [2.45, 2.75) is 58.7 Å². The van der Waals surface area contributed by atoms with Gasteiger partial charge in [0.15, 0.2) is 5.60 Å². The van der Waals surface area contributed by atoms with E-state index in [2.05, 4.69) is 0 Å². The Hall–Kier alpha value is -1.55. The van der Waals surface area contributed by atoms with Gasteiger partial charge in [-0.15, -0.1) is 0 Å². The van der Waals surface area contributed by atoms with Gasteiger partial charge in [0.05, 0.1) is 0 Å². The lowest BCUT2D eigenvalue weighted by atomic mass is 10.1. The number of aryl methyl sites for hydroxylation is 1. The SMILES string of the molecule is CC(C)(C)OC(=O)C(C)(C)Oc1cccc(CCCN)c1. The number of rotatable bonds is 6. The predicted molar refractivity (Wildman–Crippen MR) is 84.4 cm³/mol. The normalized spacial score (nSPS) is 12.1. The third-order valence-corrected chi connectivity index (χ3v) is 2.83. The Labute approximate surface area is 127 Å². The Kier molecular flexibility index (Phi) is 5.78. The average molecular weight is 293 g/mol. The average Bonchev–Trinajstić information content (AvgIpc) is 2.34. The van der Waals surface area contributed by atoms with E-state index in [9.17, 15) is 4.79 Å². The second-order valence-electron chi connectivity index (χ2n) is 6.65. The topological polar surface area (TPSA) is 61.5 Å². The van der Waals surface area contributed by atoms with Crippen LogP contribution in [0.2, 0.25) is 0 Å². The molecule has 0 unspecified atom stereocenters. The van der Waals surface area contributed by atoms with E-state index >= 15 is 0 Å². The van der Waals surface area contributed by atoms with Gasteiger partial charge >= 0.3 is 5.97 Å². The first-order valence-electron chi connectivity index (χ1n) is 7.35. The second-order valence-corrected chi connectivity index (χ2v) is 6.65. The summed E-state index contributed by atoms with van der Waals surface area (Å²) in [4.78, 5) is 12.2. The Balaban J connectivity index is 2.76. The standard InChI is InChI=1S/C17H27NO3/c1-16(2,3)21-15(19)17(4,5)20-14-10-6-8-13(12-14)9-7-11-18/h6,8,10,12H,7,9,11,18H2,1-5H3. The molecule has 4 nitrogen and oxygen atoms in total. The van der Waals surface area contributed by atoms with E-state index < -0.39 is 11.2 Å². The Morgan fingerprint density at radius 2 is 1.86 bits per heavy atom. The van der Waals surface area contributed by atoms with Crippen LogP contribution in [0.1, 0.15) is 46.6 Å². The molecule has 0 heterocycles. The maximum Gasteiger partial charge on any atom is 0.350 e. The molecule has 0 aliphatic carbocycles. The molecule has 0 spiro atoms. The van der Waals surface area contributed by atoms with Gasteiger partial charge in [0, 0.05) is 0 Å². The van der Waals surface area contributed by atoms with Crippen LogP contribution in [0, 0.1) is 0 Å². The van der Waals surface area contributed by atoms with E-state index in [1.54, 1.807) is 13.8 Å². The smallest absolute Gasteiger partial charge is 0.350 e. The molecule has 0 saturated carbocycles. The fraction of sp³-hybridized carbons (Fsp3) is 0.588. The maximum atomic E-state index is 12.2. The first-order valence-corrected chi connectivity index (χ1v) is 7.35. The first kappa shape index (κ1) is 17.5. The zero-order valence-corrected chi connectivity index (χ0v) is 13.7. The molecule has 118 valence electrons. The van der Waals surface area contributed by atoms with Crippen molar-refractivity contribution in [1.82, 2.24) is 0 Å². The zero-order chi connectivity index (χ0) is 16.1. The largest absolute Gasteiger partial charge is 0.476 e. The lowest BCUT2D eigenvalue weighted by Crippen LogP contribution is -2.43. The number of ether oxygens (including phenoxy) is 2. The number of esters is 1. The Bertz CT molecular complexity index is 475. The van der Waals surface area contributed by atoms with Crippen LogP contribution in [-0.2, 0) is 16.0 Å². The molecule has 0 bridgehead atoms. The molecule has 0 radical (unpaired) electrons. The first-order chi connectivity index (χ1) is 9.64. The van der Waals surface area contributed by atoms with Crippen LogP contribution in [0.25, 0.3) is 0 Å². The molecule has 0 aromatic heterocycles. The molecule has 1 aromatic rings. The monoisotopic (exact) mass is 293 g/mol. The summed E-state index contributed by atoms with van der Waals surface area (Å²) in [6.07, 6.45) is 1.83. The summed E-state index contributed by atoms with van der Waals surface area (Å²) in [5.41, 5.74) is 5.12. The van der Waals surface area contributed by atoms with Crippen LogP contribution in [0.4, 0.5) is 0 Å². The van der Waals surface area contributed by atoms with Crippen LogP contribution in [0.3, 0.4) is 0 Å². The van der Waals surface area contributed by atoms with E-state index in [1.165, 1.54) is 0 Å². The molecule has 0 saturated heterocycles.